The molecule has 1 unspecified atom stereocenters. The summed E-state index contributed by atoms with van der Waals surface area (Å²) in [7, 11) is 0. The second-order valence-electron chi connectivity index (χ2n) is 6.55. The number of hydrogen-bond acceptors (Lipinski definition) is 6. The molecule has 1 fully saturated rings. The van der Waals surface area contributed by atoms with Crippen LogP contribution in [0.3, 0.4) is 0 Å². The van der Waals surface area contributed by atoms with Gasteiger partial charge in [-0.15, -0.1) is 5.10 Å². The number of piperidine rings is 1. The number of amides is 1. The molecule has 24 heavy (non-hydrogen) atoms. The smallest absolute Gasteiger partial charge is 0.265 e. The van der Waals surface area contributed by atoms with Gasteiger partial charge in [-0.2, -0.15) is 0 Å². The van der Waals surface area contributed by atoms with E-state index in [9.17, 15) is 4.79 Å². The number of rotatable bonds is 5. The first-order valence-corrected chi connectivity index (χ1v) is 9.15. The summed E-state index contributed by atoms with van der Waals surface area (Å²) in [5, 5.41) is 7.26. The number of carbonyl (C=O) groups is 1. The van der Waals surface area contributed by atoms with Crippen LogP contribution in [-0.2, 0) is 6.54 Å². The zero-order valence-electron chi connectivity index (χ0n) is 14.1. The standard InChI is InChI=1S/C17H23N5OS/c1-12(2)15-16(24-21-20-15)17(23)19-14-6-4-8-22(11-14)10-13-5-3-7-18-9-13/h3,5,7,9,12,14H,4,6,8,10-11H2,1-2H3,(H,19,23). The highest BCUT2D eigenvalue weighted by Crippen LogP contribution is 2.20. The van der Waals surface area contributed by atoms with E-state index in [1.54, 1.807) is 6.20 Å². The summed E-state index contributed by atoms with van der Waals surface area (Å²) in [5.74, 6) is 0.167. The maximum absolute atomic E-state index is 12.6. The molecular formula is C17H23N5OS. The molecule has 7 heteroatoms. The van der Waals surface area contributed by atoms with Crippen LogP contribution in [0.1, 0.15) is 53.5 Å². The fourth-order valence-corrected chi connectivity index (χ4v) is 3.77. The van der Waals surface area contributed by atoms with Gasteiger partial charge in [-0.05, 0) is 48.5 Å². The SMILES string of the molecule is CC(C)c1nnsc1C(=O)NC1CCCN(Cc2cccnc2)C1. The summed E-state index contributed by atoms with van der Waals surface area (Å²) in [6.45, 7) is 6.86. The van der Waals surface area contributed by atoms with Gasteiger partial charge < -0.3 is 5.32 Å². The summed E-state index contributed by atoms with van der Waals surface area (Å²) in [6.07, 6.45) is 5.79. The van der Waals surface area contributed by atoms with E-state index in [0.717, 1.165) is 38.2 Å². The summed E-state index contributed by atoms with van der Waals surface area (Å²) < 4.78 is 3.94. The second kappa shape index (κ2) is 7.81. The first-order valence-electron chi connectivity index (χ1n) is 8.38. The molecule has 0 aromatic carbocycles. The molecule has 0 bridgehead atoms. The number of carbonyl (C=O) groups excluding carboxylic acids is 1. The number of aromatic nitrogens is 3. The Morgan fingerprint density at radius 3 is 3.12 bits per heavy atom. The van der Waals surface area contributed by atoms with Crippen LogP contribution >= 0.6 is 11.5 Å². The largest absolute Gasteiger partial charge is 0.347 e. The zero-order valence-corrected chi connectivity index (χ0v) is 14.9. The zero-order chi connectivity index (χ0) is 16.9. The van der Waals surface area contributed by atoms with Crippen molar-refractivity contribution in [3.63, 3.8) is 0 Å². The molecule has 6 nitrogen and oxygen atoms in total. The molecule has 128 valence electrons. The lowest BCUT2D eigenvalue weighted by Gasteiger charge is -2.33. The summed E-state index contributed by atoms with van der Waals surface area (Å²) in [5.41, 5.74) is 2.00. The van der Waals surface area contributed by atoms with E-state index in [0.29, 0.717) is 4.88 Å². The highest BCUT2D eigenvalue weighted by molar-refractivity contribution is 7.08. The Labute approximate surface area is 146 Å². The van der Waals surface area contributed by atoms with Crippen LogP contribution < -0.4 is 5.32 Å². The Balaban J connectivity index is 1.59. The van der Waals surface area contributed by atoms with E-state index in [2.05, 4.69) is 30.9 Å². The van der Waals surface area contributed by atoms with Crippen LogP contribution in [0, 0.1) is 0 Å². The van der Waals surface area contributed by atoms with Crippen LogP contribution in [0.2, 0.25) is 0 Å². The molecule has 0 spiro atoms. The average Bonchev–Trinajstić information content (AvgIpc) is 3.06. The van der Waals surface area contributed by atoms with E-state index < -0.39 is 0 Å². The summed E-state index contributed by atoms with van der Waals surface area (Å²) >= 11 is 1.18. The van der Waals surface area contributed by atoms with Gasteiger partial charge in [0.2, 0.25) is 0 Å². The van der Waals surface area contributed by atoms with Gasteiger partial charge in [0.1, 0.15) is 4.88 Å². The fraction of sp³-hybridized carbons (Fsp3) is 0.529. The van der Waals surface area contributed by atoms with Crippen LogP contribution in [0.15, 0.2) is 24.5 Å². The van der Waals surface area contributed by atoms with Crippen molar-refractivity contribution in [3.05, 3.63) is 40.7 Å². The van der Waals surface area contributed by atoms with Gasteiger partial charge in [-0.25, -0.2) is 0 Å². The molecule has 1 atom stereocenters. The molecule has 2 aromatic rings. The van der Waals surface area contributed by atoms with Gasteiger partial charge >= 0.3 is 0 Å². The van der Waals surface area contributed by atoms with Crippen molar-refractivity contribution >= 4 is 17.4 Å². The third-order valence-electron chi connectivity index (χ3n) is 4.24. The van der Waals surface area contributed by atoms with Gasteiger partial charge in [0.15, 0.2) is 0 Å². The molecule has 3 rings (SSSR count). The number of hydrogen-bond donors (Lipinski definition) is 1. The van der Waals surface area contributed by atoms with Crippen molar-refractivity contribution in [1.29, 1.82) is 0 Å². The van der Waals surface area contributed by atoms with Crippen LogP contribution in [0.4, 0.5) is 0 Å². The van der Waals surface area contributed by atoms with E-state index in [-0.39, 0.29) is 17.9 Å². The summed E-state index contributed by atoms with van der Waals surface area (Å²) in [6, 6.07) is 4.22. The second-order valence-corrected chi connectivity index (χ2v) is 7.31. The quantitative estimate of drug-likeness (QED) is 0.901. The average molecular weight is 345 g/mol. The molecule has 1 aliphatic heterocycles. The van der Waals surface area contributed by atoms with Gasteiger partial charge in [-0.3, -0.25) is 14.7 Å². The predicted octanol–water partition coefficient (Wildman–Crippen LogP) is 2.45. The molecule has 1 amide bonds. The Bertz CT molecular complexity index is 673. The minimum Gasteiger partial charge on any atom is -0.347 e. The van der Waals surface area contributed by atoms with Crippen molar-refractivity contribution < 1.29 is 4.79 Å². The minimum atomic E-state index is -0.0399. The lowest BCUT2D eigenvalue weighted by Crippen LogP contribution is -2.47. The van der Waals surface area contributed by atoms with Crippen LogP contribution in [-0.4, -0.2) is 44.5 Å². The topological polar surface area (TPSA) is 71.0 Å². The highest BCUT2D eigenvalue weighted by Gasteiger charge is 2.25. The third kappa shape index (κ3) is 4.15. The molecule has 0 aliphatic carbocycles. The van der Waals surface area contributed by atoms with E-state index in [4.69, 9.17) is 0 Å². The maximum atomic E-state index is 12.6. The van der Waals surface area contributed by atoms with Crippen molar-refractivity contribution in [2.45, 2.75) is 45.2 Å². The van der Waals surface area contributed by atoms with Crippen molar-refractivity contribution in [2.24, 2.45) is 0 Å². The van der Waals surface area contributed by atoms with Crippen LogP contribution in [0.5, 0.6) is 0 Å². The van der Waals surface area contributed by atoms with Crippen molar-refractivity contribution in [2.75, 3.05) is 13.1 Å². The number of nitrogens with one attached hydrogen (secondary N) is 1. The molecule has 2 aromatic heterocycles. The summed E-state index contributed by atoms with van der Waals surface area (Å²) in [4.78, 5) is 19.7. The first-order chi connectivity index (χ1) is 11.6. The van der Waals surface area contributed by atoms with Gasteiger partial charge in [-0.1, -0.05) is 24.4 Å². The number of likely N-dealkylation sites (tertiary alicyclic amines) is 1. The highest BCUT2D eigenvalue weighted by atomic mass is 32.1. The number of pyridine rings is 1. The lowest BCUT2D eigenvalue weighted by molar-refractivity contribution is 0.0903. The normalized spacial score (nSPS) is 18.7. The van der Waals surface area contributed by atoms with Gasteiger partial charge in [0, 0.05) is 31.5 Å². The fourth-order valence-electron chi connectivity index (χ4n) is 3.05. The van der Waals surface area contributed by atoms with Crippen molar-refractivity contribution in [3.8, 4) is 0 Å². The third-order valence-corrected chi connectivity index (χ3v) is 4.98. The van der Waals surface area contributed by atoms with E-state index in [1.165, 1.54) is 17.1 Å². The molecule has 1 N–H and O–H groups in total. The van der Waals surface area contributed by atoms with Crippen LogP contribution in [0.25, 0.3) is 0 Å². The Morgan fingerprint density at radius 2 is 2.38 bits per heavy atom. The Morgan fingerprint density at radius 1 is 1.50 bits per heavy atom. The van der Waals surface area contributed by atoms with E-state index in [1.807, 2.05) is 26.1 Å². The predicted molar refractivity (Wildman–Crippen MR) is 94.0 cm³/mol. The number of nitrogens with zero attached hydrogens (tertiary/aromatic N) is 4. The molecule has 0 saturated carbocycles. The molecule has 1 aliphatic rings. The molecule has 1 saturated heterocycles. The molecule has 0 radical (unpaired) electrons. The van der Waals surface area contributed by atoms with Crippen molar-refractivity contribution in [1.82, 2.24) is 24.8 Å². The van der Waals surface area contributed by atoms with Gasteiger partial charge in [0.05, 0.1) is 5.69 Å². The molecule has 3 heterocycles. The lowest BCUT2D eigenvalue weighted by atomic mass is 10.0. The Kier molecular flexibility index (Phi) is 5.52. The Hall–Kier alpha value is -1.86. The maximum Gasteiger partial charge on any atom is 0.265 e. The monoisotopic (exact) mass is 345 g/mol. The minimum absolute atomic E-state index is 0.0399. The first kappa shape index (κ1) is 17.0. The van der Waals surface area contributed by atoms with E-state index >= 15 is 0 Å². The van der Waals surface area contributed by atoms with Gasteiger partial charge in [0.25, 0.3) is 5.91 Å². The molecular weight excluding hydrogens is 322 g/mol.